The number of nitrogens with zero attached hydrogens (tertiary/aromatic N) is 1. The van der Waals surface area contributed by atoms with Gasteiger partial charge < -0.3 is 14.5 Å². The van der Waals surface area contributed by atoms with Gasteiger partial charge in [-0.25, -0.2) is 9.78 Å². The SMILES string of the molecule is COC(=O)c1cccc(NC(=O)Cc2coc(-c3ccccc3)n2)c1C. The normalized spacial score (nSPS) is 10.4. The molecule has 0 spiro atoms. The average molecular weight is 350 g/mol. The summed E-state index contributed by atoms with van der Waals surface area (Å²) in [6.07, 6.45) is 1.54. The van der Waals surface area contributed by atoms with Crippen molar-refractivity contribution in [2.45, 2.75) is 13.3 Å². The van der Waals surface area contributed by atoms with Crippen molar-refractivity contribution in [3.63, 3.8) is 0 Å². The Balaban J connectivity index is 1.70. The van der Waals surface area contributed by atoms with Gasteiger partial charge >= 0.3 is 5.97 Å². The molecule has 1 heterocycles. The molecule has 132 valence electrons. The zero-order valence-corrected chi connectivity index (χ0v) is 14.5. The number of aromatic nitrogens is 1. The summed E-state index contributed by atoms with van der Waals surface area (Å²) in [6.45, 7) is 1.76. The molecule has 26 heavy (non-hydrogen) atoms. The zero-order chi connectivity index (χ0) is 18.5. The summed E-state index contributed by atoms with van der Waals surface area (Å²) in [7, 11) is 1.32. The minimum atomic E-state index is -0.442. The number of ether oxygens (including phenoxy) is 1. The van der Waals surface area contributed by atoms with Crippen molar-refractivity contribution in [2.75, 3.05) is 12.4 Å². The predicted molar refractivity (Wildman–Crippen MR) is 96.8 cm³/mol. The van der Waals surface area contributed by atoms with Crippen molar-refractivity contribution in [3.05, 3.63) is 71.6 Å². The van der Waals surface area contributed by atoms with Crippen molar-refractivity contribution in [1.82, 2.24) is 4.98 Å². The van der Waals surface area contributed by atoms with E-state index in [1.807, 2.05) is 30.3 Å². The number of hydrogen-bond acceptors (Lipinski definition) is 5. The monoisotopic (exact) mass is 350 g/mol. The van der Waals surface area contributed by atoms with Crippen LogP contribution in [0, 0.1) is 6.92 Å². The lowest BCUT2D eigenvalue weighted by molar-refractivity contribution is -0.115. The Labute approximate surface area is 150 Å². The van der Waals surface area contributed by atoms with Crippen LogP contribution in [0.1, 0.15) is 21.6 Å². The van der Waals surface area contributed by atoms with Gasteiger partial charge in [0.1, 0.15) is 6.26 Å². The third-order valence-electron chi connectivity index (χ3n) is 3.93. The van der Waals surface area contributed by atoms with E-state index in [-0.39, 0.29) is 12.3 Å². The summed E-state index contributed by atoms with van der Waals surface area (Å²) in [6, 6.07) is 14.5. The van der Waals surface area contributed by atoms with E-state index in [0.717, 1.165) is 5.56 Å². The maximum atomic E-state index is 12.3. The minimum absolute atomic E-state index is 0.0677. The third kappa shape index (κ3) is 3.80. The summed E-state index contributed by atoms with van der Waals surface area (Å²) < 4.78 is 10.2. The van der Waals surface area contributed by atoms with Gasteiger partial charge in [0.25, 0.3) is 0 Å². The Kier molecular flexibility index (Phi) is 5.12. The molecule has 0 aliphatic carbocycles. The molecule has 0 saturated carbocycles. The largest absolute Gasteiger partial charge is 0.465 e. The first kappa shape index (κ1) is 17.4. The first-order valence-electron chi connectivity index (χ1n) is 8.06. The van der Waals surface area contributed by atoms with Gasteiger partial charge in [-0.3, -0.25) is 4.79 Å². The predicted octanol–water partition coefficient (Wildman–Crippen LogP) is 3.62. The number of amides is 1. The molecule has 0 radical (unpaired) electrons. The molecule has 3 rings (SSSR count). The Morgan fingerprint density at radius 1 is 1.12 bits per heavy atom. The van der Waals surface area contributed by atoms with E-state index < -0.39 is 5.97 Å². The van der Waals surface area contributed by atoms with Crippen LogP contribution in [-0.2, 0) is 16.0 Å². The van der Waals surface area contributed by atoms with E-state index in [9.17, 15) is 9.59 Å². The van der Waals surface area contributed by atoms with Gasteiger partial charge in [0.15, 0.2) is 0 Å². The molecule has 0 saturated heterocycles. The van der Waals surface area contributed by atoms with Gasteiger partial charge in [-0.1, -0.05) is 24.3 Å². The van der Waals surface area contributed by atoms with Crippen molar-refractivity contribution >= 4 is 17.6 Å². The van der Waals surface area contributed by atoms with E-state index in [0.29, 0.717) is 28.4 Å². The fraction of sp³-hybridized carbons (Fsp3) is 0.150. The molecular weight excluding hydrogens is 332 g/mol. The van der Waals surface area contributed by atoms with Gasteiger partial charge in [-0.05, 0) is 36.8 Å². The number of oxazole rings is 1. The second kappa shape index (κ2) is 7.65. The van der Waals surface area contributed by atoms with Gasteiger partial charge in [-0.2, -0.15) is 0 Å². The summed E-state index contributed by atoms with van der Waals surface area (Å²) in [4.78, 5) is 28.4. The molecule has 1 amide bonds. The minimum Gasteiger partial charge on any atom is -0.465 e. The molecular formula is C20H18N2O4. The fourth-order valence-corrected chi connectivity index (χ4v) is 2.56. The molecule has 0 atom stereocenters. The summed E-state index contributed by atoms with van der Waals surface area (Å²) >= 11 is 0. The molecule has 3 aromatic rings. The van der Waals surface area contributed by atoms with Crippen molar-refractivity contribution in [1.29, 1.82) is 0 Å². The third-order valence-corrected chi connectivity index (χ3v) is 3.93. The van der Waals surface area contributed by atoms with Crippen LogP contribution in [0.3, 0.4) is 0 Å². The molecule has 6 heteroatoms. The van der Waals surface area contributed by atoms with Crippen LogP contribution in [0.2, 0.25) is 0 Å². The smallest absolute Gasteiger partial charge is 0.338 e. The summed E-state index contributed by atoms with van der Waals surface area (Å²) in [5.74, 6) is -0.220. The van der Waals surface area contributed by atoms with Crippen LogP contribution in [0.25, 0.3) is 11.5 Å². The van der Waals surface area contributed by atoms with E-state index in [1.54, 1.807) is 25.1 Å². The number of esters is 1. The molecule has 1 N–H and O–H groups in total. The fourth-order valence-electron chi connectivity index (χ4n) is 2.56. The van der Waals surface area contributed by atoms with Crippen molar-refractivity contribution < 1.29 is 18.7 Å². The molecule has 0 aliphatic heterocycles. The number of carbonyl (C=O) groups is 2. The van der Waals surface area contributed by atoms with Crippen LogP contribution >= 0.6 is 0 Å². The molecule has 0 unspecified atom stereocenters. The highest BCUT2D eigenvalue weighted by Crippen LogP contribution is 2.21. The number of carbonyl (C=O) groups excluding carboxylic acids is 2. The quantitative estimate of drug-likeness (QED) is 0.711. The summed E-state index contributed by atoms with van der Waals surface area (Å²) in [5.41, 5.74) is 3.00. The number of hydrogen-bond donors (Lipinski definition) is 1. The van der Waals surface area contributed by atoms with Crippen LogP contribution < -0.4 is 5.32 Å². The molecule has 0 bridgehead atoms. The van der Waals surface area contributed by atoms with E-state index in [2.05, 4.69) is 10.3 Å². The molecule has 0 fully saturated rings. The maximum absolute atomic E-state index is 12.3. The zero-order valence-electron chi connectivity index (χ0n) is 14.5. The van der Waals surface area contributed by atoms with Gasteiger partial charge in [-0.15, -0.1) is 0 Å². The van der Waals surface area contributed by atoms with Crippen molar-refractivity contribution in [2.24, 2.45) is 0 Å². The number of nitrogens with one attached hydrogen (secondary N) is 1. The van der Waals surface area contributed by atoms with Crippen LogP contribution in [0.5, 0.6) is 0 Å². The Bertz CT molecular complexity index is 932. The Morgan fingerprint density at radius 2 is 1.88 bits per heavy atom. The number of anilines is 1. The molecule has 1 aromatic heterocycles. The van der Waals surface area contributed by atoms with Crippen LogP contribution in [0.15, 0.2) is 59.2 Å². The van der Waals surface area contributed by atoms with Gasteiger partial charge in [0.2, 0.25) is 11.8 Å². The van der Waals surface area contributed by atoms with E-state index in [4.69, 9.17) is 9.15 Å². The molecule has 2 aromatic carbocycles. The second-order valence-corrected chi connectivity index (χ2v) is 5.70. The summed E-state index contributed by atoms with van der Waals surface area (Å²) in [5, 5.41) is 2.80. The number of benzene rings is 2. The van der Waals surface area contributed by atoms with Gasteiger partial charge in [0, 0.05) is 11.3 Å². The van der Waals surface area contributed by atoms with Crippen LogP contribution in [-0.4, -0.2) is 24.0 Å². The highest BCUT2D eigenvalue weighted by molar-refractivity contribution is 5.97. The highest BCUT2D eigenvalue weighted by atomic mass is 16.5. The highest BCUT2D eigenvalue weighted by Gasteiger charge is 2.15. The lowest BCUT2D eigenvalue weighted by Crippen LogP contribution is -2.16. The second-order valence-electron chi connectivity index (χ2n) is 5.70. The van der Waals surface area contributed by atoms with Crippen LogP contribution in [0.4, 0.5) is 5.69 Å². The Hall–Kier alpha value is -3.41. The van der Waals surface area contributed by atoms with E-state index in [1.165, 1.54) is 13.4 Å². The number of rotatable bonds is 5. The lowest BCUT2D eigenvalue weighted by Gasteiger charge is -2.10. The van der Waals surface area contributed by atoms with Gasteiger partial charge in [0.05, 0.1) is 24.8 Å². The lowest BCUT2D eigenvalue weighted by atomic mass is 10.1. The maximum Gasteiger partial charge on any atom is 0.338 e. The van der Waals surface area contributed by atoms with Crippen molar-refractivity contribution in [3.8, 4) is 11.5 Å². The Morgan fingerprint density at radius 3 is 2.62 bits per heavy atom. The number of methoxy groups -OCH3 is 1. The first-order valence-corrected chi connectivity index (χ1v) is 8.06. The first-order chi connectivity index (χ1) is 12.6. The molecule has 6 nitrogen and oxygen atoms in total. The average Bonchev–Trinajstić information content (AvgIpc) is 3.12. The van der Waals surface area contributed by atoms with E-state index >= 15 is 0 Å². The topological polar surface area (TPSA) is 81.4 Å². The standard InChI is InChI=1S/C20H18N2O4/c1-13-16(20(24)25-2)9-6-10-17(13)22-18(23)11-15-12-26-19(21-15)14-7-4-3-5-8-14/h3-10,12H,11H2,1-2H3,(H,22,23). The molecule has 0 aliphatic rings.